The van der Waals surface area contributed by atoms with E-state index >= 15 is 0 Å². The molecule has 2 aliphatic carbocycles. The average molecular weight is 280 g/mol. The summed E-state index contributed by atoms with van der Waals surface area (Å²) in [5.41, 5.74) is 6.09. The predicted octanol–water partition coefficient (Wildman–Crippen LogP) is 3.51. The van der Waals surface area contributed by atoms with Crippen LogP contribution in [-0.4, -0.2) is 18.5 Å². The van der Waals surface area contributed by atoms with E-state index in [0.717, 1.165) is 12.8 Å². The first kappa shape index (κ1) is 15.8. The first-order valence-electron chi connectivity index (χ1n) is 8.74. The molecule has 2 fully saturated rings. The molecule has 2 saturated carbocycles. The third-order valence-corrected chi connectivity index (χ3v) is 5.35. The molecular formula is C17H32N2O. The zero-order valence-corrected chi connectivity index (χ0v) is 13.0. The Morgan fingerprint density at radius 3 is 2.10 bits per heavy atom. The van der Waals surface area contributed by atoms with Gasteiger partial charge in [-0.25, -0.2) is 0 Å². The maximum Gasteiger partial charge on any atom is 0.220 e. The van der Waals surface area contributed by atoms with Crippen LogP contribution in [0.1, 0.15) is 83.5 Å². The first-order chi connectivity index (χ1) is 9.74. The van der Waals surface area contributed by atoms with Crippen LogP contribution in [0.3, 0.4) is 0 Å². The number of nitrogens with one attached hydrogen (secondary N) is 1. The standard InChI is InChI=1S/C17H32N2O/c18-14-17(11-7-4-8-12-17)13-16(20)19-15-9-5-2-1-3-6-10-15/h15H,1-14,18H2,(H,19,20). The van der Waals surface area contributed by atoms with Crippen molar-refractivity contribution in [2.24, 2.45) is 11.1 Å². The largest absolute Gasteiger partial charge is 0.353 e. The fraction of sp³-hybridized carbons (Fsp3) is 0.941. The number of carbonyl (C=O) groups is 1. The lowest BCUT2D eigenvalue weighted by atomic mass is 9.71. The predicted molar refractivity (Wildman–Crippen MR) is 83.4 cm³/mol. The van der Waals surface area contributed by atoms with Gasteiger partial charge in [0.05, 0.1) is 0 Å². The summed E-state index contributed by atoms with van der Waals surface area (Å²) in [5.74, 6) is 0.253. The van der Waals surface area contributed by atoms with E-state index in [1.807, 2.05) is 0 Å². The highest BCUT2D eigenvalue weighted by molar-refractivity contribution is 5.77. The van der Waals surface area contributed by atoms with Crippen molar-refractivity contribution in [1.82, 2.24) is 5.32 Å². The van der Waals surface area contributed by atoms with Gasteiger partial charge in [-0.15, -0.1) is 0 Å². The molecule has 20 heavy (non-hydrogen) atoms. The summed E-state index contributed by atoms with van der Waals surface area (Å²) in [6.07, 6.45) is 15.6. The lowest BCUT2D eigenvalue weighted by Crippen LogP contribution is -2.42. The quantitative estimate of drug-likeness (QED) is 0.828. The van der Waals surface area contributed by atoms with Crippen molar-refractivity contribution in [3.8, 4) is 0 Å². The van der Waals surface area contributed by atoms with E-state index in [1.54, 1.807) is 0 Å². The molecule has 0 aromatic heterocycles. The molecule has 0 radical (unpaired) electrons. The van der Waals surface area contributed by atoms with Crippen LogP contribution in [-0.2, 0) is 4.79 Å². The molecule has 116 valence electrons. The normalized spacial score (nSPS) is 24.6. The van der Waals surface area contributed by atoms with Crippen molar-refractivity contribution in [2.45, 2.75) is 89.5 Å². The van der Waals surface area contributed by atoms with Crippen molar-refractivity contribution >= 4 is 5.91 Å². The molecule has 0 bridgehead atoms. The highest BCUT2D eigenvalue weighted by Gasteiger charge is 2.33. The summed E-state index contributed by atoms with van der Waals surface area (Å²) < 4.78 is 0. The smallest absolute Gasteiger partial charge is 0.220 e. The molecule has 0 heterocycles. The van der Waals surface area contributed by atoms with Crippen molar-refractivity contribution < 1.29 is 4.79 Å². The Hall–Kier alpha value is -0.570. The summed E-state index contributed by atoms with van der Waals surface area (Å²) >= 11 is 0. The van der Waals surface area contributed by atoms with Crippen molar-refractivity contribution in [1.29, 1.82) is 0 Å². The van der Waals surface area contributed by atoms with Gasteiger partial charge in [0.15, 0.2) is 0 Å². The SMILES string of the molecule is NCC1(CC(=O)NC2CCCCCCC2)CCCCC1. The van der Waals surface area contributed by atoms with Crippen molar-refractivity contribution in [2.75, 3.05) is 6.54 Å². The van der Waals surface area contributed by atoms with Crippen LogP contribution in [0.2, 0.25) is 0 Å². The monoisotopic (exact) mass is 280 g/mol. The molecule has 3 nitrogen and oxygen atoms in total. The molecule has 1 amide bonds. The highest BCUT2D eigenvalue weighted by Crippen LogP contribution is 2.38. The number of hydrogen-bond acceptors (Lipinski definition) is 2. The molecule has 0 unspecified atom stereocenters. The van der Waals surface area contributed by atoms with Crippen LogP contribution >= 0.6 is 0 Å². The second-order valence-electron chi connectivity index (χ2n) is 7.05. The molecule has 3 heteroatoms. The molecule has 2 rings (SSSR count). The van der Waals surface area contributed by atoms with Gasteiger partial charge in [-0.3, -0.25) is 4.79 Å². The summed E-state index contributed by atoms with van der Waals surface area (Å²) in [6, 6.07) is 0.418. The zero-order valence-electron chi connectivity index (χ0n) is 13.0. The van der Waals surface area contributed by atoms with Crippen LogP contribution in [0.4, 0.5) is 0 Å². The van der Waals surface area contributed by atoms with Gasteiger partial charge in [0, 0.05) is 12.5 Å². The van der Waals surface area contributed by atoms with E-state index in [-0.39, 0.29) is 11.3 Å². The van der Waals surface area contributed by atoms with Gasteiger partial charge < -0.3 is 11.1 Å². The molecule has 0 aromatic carbocycles. The molecule has 0 saturated heterocycles. The van der Waals surface area contributed by atoms with Gasteiger partial charge >= 0.3 is 0 Å². The minimum atomic E-state index is 0.101. The van der Waals surface area contributed by atoms with Crippen LogP contribution in [0.5, 0.6) is 0 Å². The van der Waals surface area contributed by atoms with E-state index in [2.05, 4.69) is 5.32 Å². The van der Waals surface area contributed by atoms with Crippen molar-refractivity contribution in [3.63, 3.8) is 0 Å². The molecule has 3 N–H and O–H groups in total. The van der Waals surface area contributed by atoms with Crippen LogP contribution in [0.25, 0.3) is 0 Å². The summed E-state index contributed by atoms with van der Waals surface area (Å²) in [5, 5.41) is 3.30. The Labute approximate surface area is 124 Å². The number of nitrogens with two attached hydrogens (primary N) is 1. The first-order valence-corrected chi connectivity index (χ1v) is 8.74. The lowest BCUT2D eigenvalue weighted by molar-refractivity contribution is -0.124. The van der Waals surface area contributed by atoms with Gasteiger partial charge in [-0.1, -0.05) is 51.4 Å². The number of rotatable bonds is 4. The van der Waals surface area contributed by atoms with E-state index in [9.17, 15) is 4.79 Å². The second-order valence-corrected chi connectivity index (χ2v) is 7.05. The molecule has 0 aromatic rings. The zero-order chi connectivity index (χ0) is 14.3. The molecule has 2 aliphatic rings. The van der Waals surface area contributed by atoms with Gasteiger partial charge in [-0.05, 0) is 37.6 Å². The molecule has 0 atom stereocenters. The number of hydrogen-bond donors (Lipinski definition) is 2. The Morgan fingerprint density at radius 2 is 1.50 bits per heavy atom. The highest BCUT2D eigenvalue weighted by atomic mass is 16.1. The van der Waals surface area contributed by atoms with Crippen LogP contribution in [0, 0.1) is 5.41 Å². The molecule has 0 aliphatic heterocycles. The van der Waals surface area contributed by atoms with Crippen LogP contribution in [0.15, 0.2) is 0 Å². The Bertz CT molecular complexity index is 289. The third-order valence-electron chi connectivity index (χ3n) is 5.35. The van der Waals surface area contributed by atoms with Gasteiger partial charge in [0.25, 0.3) is 0 Å². The number of amides is 1. The maximum absolute atomic E-state index is 12.4. The van der Waals surface area contributed by atoms with E-state index in [4.69, 9.17) is 5.73 Å². The Morgan fingerprint density at radius 1 is 0.950 bits per heavy atom. The summed E-state index contributed by atoms with van der Waals surface area (Å²) in [7, 11) is 0. The second kappa shape index (κ2) is 8.02. The average Bonchev–Trinajstić information content (AvgIpc) is 2.42. The van der Waals surface area contributed by atoms with Crippen molar-refractivity contribution in [3.05, 3.63) is 0 Å². The fourth-order valence-corrected chi connectivity index (χ4v) is 3.97. The lowest BCUT2D eigenvalue weighted by Gasteiger charge is -2.36. The van der Waals surface area contributed by atoms with E-state index in [1.165, 1.54) is 64.2 Å². The molecule has 0 spiro atoms. The Balaban J connectivity index is 1.80. The fourth-order valence-electron chi connectivity index (χ4n) is 3.97. The number of carbonyl (C=O) groups excluding carboxylic acids is 1. The molecular weight excluding hydrogens is 248 g/mol. The minimum absolute atomic E-state index is 0.101. The summed E-state index contributed by atoms with van der Waals surface area (Å²) in [4.78, 5) is 12.4. The maximum atomic E-state index is 12.4. The topological polar surface area (TPSA) is 55.1 Å². The van der Waals surface area contributed by atoms with Gasteiger partial charge in [0.2, 0.25) is 5.91 Å². The van der Waals surface area contributed by atoms with Crippen LogP contribution < -0.4 is 11.1 Å². The van der Waals surface area contributed by atoms with Gasteiger partial charge in [0.1, 0.15) is 0 Å². The minimum Gasteiger partial charge on any atom is -0.353 e. The van der Waals surface area contributed by atoms with E-state index in [0.29, 0.717) is 19.0 Å². The van der Waals surface area contributed by atoms with E-state index < -0.39 is 0 Å². The van der Waals surface area contributed by atoms with Gasteiger partial charge in [-0.2, -0.15) is 0 Å². The summed E-state index contributed by atoms with van der Waals surface area (Å²) in [6.45, 7) is 0.672. The Kier molecular flexibility index (Phi) is 6.34. The third kappa shape index (κ3) is 4.76.